The van der Waals surface area contributed by atoms with Gasteiger partial charge in [0, 0.05) is 18.9 Å². The Labute approximate surface area is 128 Å². The molecule has 1 aromatic carbocycles. The second kappa shape index (κ2) is 7.68. The Morgan fingerprint density at radius 2 is 1.95 bits per heavy atom. The molecule has 0 aliphatic carbocycles. The maximum Gasteiger partial charge on any atom is 0.329 e. The zero-order valence-corrected chi connectivity index (χ0v) is 12.1. The third-order valence-corrected chi connectivity index (χ3v) is 2.84. The summed E-state index contributed by atoms with van der Waals surface area (Å²) in [4.78, 5) is 27.1. The molecule has 0 aliphatic rings. The number of benzene rings is 1. The molecule has 6 nitrogen and oxygen atoms in total. The first-order valence-corrected chi connectivity index (χ1v) is 6.72. The fraction of sp³-hybridized carbons (Fsp3) is 0.125. The van der Waals surface area contributed by atoms with Crippen molar-refractivity contribution < 1.29 is 9.59 Å². The number of hydrogen-bond donors (Lipinski definition) is 2. The van der Waals surface area contributed by atoms with Gasteiger partial charge in [-0.05, 0) is 24.1 Å². The van der Waals surface area contributed by atoms with Crippen LogP contribution in [0.5, 0.6) is 0 Å². The molecule has 6 heteroatoms. The quantitative estimate of drug-likeness (QED) is 0.504. The van der Waals surface area contributed by atoms with Crippen LogP contribution >= 0.6 is 0 Å². The predicted molar refractivity (Wildman–Crippen MR) is 83.0 cm³/mol. The number of aryl methyl sites for hydroxylation is 1. The third-order valence-electron chi connectivity index (χ3n) is 2.84. The van der Waals surface area contributed by atoms with Crippen LogP contribution in [0.25, 0.3) is 0 Å². The lowest BCUT2D eigenvalue weighted by atomic mass is 10.2. The van der Waals surface area contributed by atoms with E-state index in [1.165, 1.54) is 6.21 Å². The van der Waals surface area contributed by atoms with Crippen molar-refractivity contribution in [2.45, 2.75) is 13.5 Å². The molecule has 112 valence electrons. The van der Waals surface area contributed by atoms with Crippen LogP contribution in [-0.4, -0.2) is 23.0 Å². The lowest BCUT2D eigenvalue weighted by Crippen LogP contribution is -2.37. The van der Waals surface area contributed by atoms with Gasteiger partial charge in [-0.2, -0.15) is 5.10 Å². The second-order valence-corrected chi connectivity index (χ2v) is 4.65. The van der Waals surface area contributed by atoms with E-state index in [1.807, 2.05) is 31.2 Å². The van der Waals surface area contributed by atoms with Gasteiger partial charge in [0.15, 0.2) is 0 Å². The van der Waals surface area contributed by atoms with Crippen LogP contribution in [0, 0.1) is 6.92 Å². The van der Waals surface area contributed by atoms with Crippen LogP contribution in [0.4, 0.5) is 0 Å². The number of nitrogens with zero attached hydrogens (tertiary/aromatic N) is 2. The van der Waals surface area contributed by atoms with Crippen LogP contribution < -0.4 is 10.7 Å². The van der Waals surface area contributed by atoms with Gasteiger partial charge in [-0.1, -0.05) is 35.9 Å². The number of carbonyl (C=O) groups excluding carboxylic acids is 2. The normalized spacial score (nSPS) is 10.4. The van der Waals surface area contributed by atoms with Crippen molar-refractivity contribution in [3.05, 3.63) is 65.5 Å². The molecule has 0 fully saturated rings. The summed E-state index contributed by atoms with van der Waals surface area (Å²) >= 11 is 0. The first-order chi connectivity index (χ1) is 10.6. The van der Waals surface area contributed by atoms with Crippen molar-refractivity contribution in [1.29, 1.82) is 0 Å². The zero-order valence-electron chi connectivity index (χ0n) is 12.1. The number of rotatable bonds is 4. The number of carbonyl (C=O) groups is 2. The monoisotopic (exact) mass is 296 g/mol. The summed E-state index contributed by atoms with van der Waals surface area (Å²) in [6.07, 6.45) is 4.73. The van der Waals surface area contributed by atoms with Gasteiger partial charge in [0.05, 0.1) is 6.21 Å². The Balaban J connectivity index is 1.79. The van der Waals surface area contributed by atoms with E-state index in [2.05, 4.69) is 20.8 Å². The molecule has 0 radical (unpaired) electrons. The zero-order chi connectivity index (χ0) is 15.8. The van der Waals surface area contributed by atoms with Gasteiger partial charge in [0.1, 0.15) is 0 Å². The van der Waals surface area contributed by atoms with E-state index in [-0.39, 0.29) is 6.54 Å². The molecule has 0 bridgehead atoms. The highest BCUT2D eigenvalue weighted by molar-refractivity contribution is 6.35. The number of hydrogen-bond acceptors (Lipinski definition) is 4. The highest BCUT2D eigenvalue weighted by Gasteiger charge is 2.11. The maximum atomic E-state index is 11.6. The molecule has 2 N–H and O–H groups in total. The molecule has 0 atom stereocenters. The summed E-state index contributed by atoms with van der Waals surface area (Å²) in [7, 11) is 0. The maximum absolute atomic E-state index is 11.6. The molecule has 0 unspecified atom stereocenters. The van der Waals surface area contributed by atoms with Gasteiger partial charge in [-0.25, -0.2) is 5.43 Å². The highest BCUT2D eigenvalue weighted by atomic mass is 16.2. The summed E-state index contributed by atoms with van der Waals surface area (Å²) in [5, 5.41) is 6.24. The fourth-order valence-corrected chi connectivity index (χ4v) is 1.63. The van der Waals surface area contributed by atoms with Gasteiger partial charge in [-0.15, -0.1) is 0 Å². The molecule has 2 amide bonds. The lowest BCUT2D eigenvalue weighted by molar-refractivity contribution is -0.139. The number of amides is 2. The molecule has 0 saturated carbocycles. The van der Waals surface area contributed by atoms with Gasteiger partial charge < -0.3 is 5.32 Å². The molecule has 2 rings (SSSR count). The smallest absolute Gasteiger partial charge is 0.329 e. The van der Waals surface area contributed by atoms with Crippen molar-refractivity contribution in [3.8, 4) is 0 Å². The van der Waals surface area contributed by atoms with Crippen LogP contribution in [0.15, 0.2) is 53.9 Å². The average molecular weight is 296 g/mol. The number of nitrogens with one attached hydrogen (secondary N) is 2. The molecule has 0 spiro atoms. The molecule has 22 heavy (non-hydrogen) atoms. The van der Waals surface area contributed by atoms with Crippen molar-refractivity contribution >= 4 is 18.0 Å². The SMILES string of the molecule is Cc1ccc(/C=N\NC(=O)C(=O)NCc2cccnc2)cc1. The standard InChI is InChI=1S/C16H16N4O2/c1-12-4-6-13(7-5-12)11-19-20-16(22)15(21)18-10-14-3-2-8-17-9-14/h2-9,11H,10H2,1H3,(H,18,21)(H,20,22)/b19-11-. The van der Waals surface area contributed by atoms with E-state index in [0.717, 1.165) is 16.7 Å². The van der Waals surface area contributed by atoms with Gasteiger partial charge in [0.2, 0.25) is 0 Å². The van der Waals surface area contributed by atoms with Gasteiger partial charge in [-0.3, -0.25) is 14.6 Å². The van der Waals surface area contributed by atoms with Crippen molar-refractivity contribution in [2.75, 3.05) is 0 Å². The molecule has 1 heterocycles. The van der Waals surface area contributed by atoms with E-state index in [0.29, 0.717) is 0 Å². The van der Waals surface area contributed by atoms with Crippen LogP contribution in [-0.2, 0) is 16.1 Å². The Morgan fingerprint density at radius 1 is 1.18 bits per heavy atom. The van der Waals surface area contributed by atoms with E-state index < -0.39 is 11.8 Å². The summed E-state index contributed by atoms with van der Waals surface area (Å²) in [6, 6.07) is 11.2. The molecule has 2 aromatic rings. The van der Waals surface area contributed by atoms with Crippen LogP contribution in [0.1, 0.15) is 16.7 Å². The Morgan fingerprint density at radius 3 is 2.64 bits per heavy atom. The second-order valence-electron chi connectivity index (χ2n) is 4.65. The first-order valence-electron chi connectivity index (χ1n) is 6.72. The molecular formula is C16H16N4O2. The summed E-state index contributed by atoms with van der Waals surface area (Å²) in [5.74, 6) is -1.56. The minimum absolute atomic E-state index is 0.238. The molecule has 1 aromatic heterocycles. The number of hydrazone groups is 1. The third kappa shape index (κ3) is 4.82. The molecular weight excluding hydrogens is 280 g/mol. The number of pyridine rings is 1. The molecule has 0 aliphatic heterocycles. The summed E-state index contributed by atoms with van der Waals surface area (Å²) < 4.78 is 0. The van der Waals surface area contributed by atoms with Crippen molar-refractivity contribution in [1.82, 2.24) is 15.7 Å². The Kier molecular flexibility index (Phi) is 5.37. The Hall–Kier alpha value is -3.02. The first kappa shape index (κ1) is 15.4. The van der Waals surface area contributed by atoms with E-state index in [9.17, 15) is 9.59 Å². The predicted octanol–water partition coefficient (Wildman–Crippen LogP) is 1.16. The largest absolute Gasteiger partial charge is 0.344 e. The van der Waals surface area contributed by atoms with Crippen LogP contribution in [0.2, 0.25) is 0 Å². The fourth-order valence-electron chi connectivity index (χ4n) is 1.63. The lowest BCUT2D eigenvalue weighted by Gasteiger charge is -2.03. The minimum Gasteiger partial charge on any atom is -0.344 e. The minimum atomic E-state index is -0.813. The Bertz CT molecular complexity index is 666. The van der Waals surface area contributed by atoms with Crippen molar-refractivity contribution in [2.24, 2.45) is 5.10 Å². The number of aromatic nitrogens is 1. The molecule has 0 saturated heterocycles. The van der Waals surface area contributed by atoms with E-state index >= 15 is 0 Å². The summed E-state index contributed by atoms with van der Waals surface area (Å²) in [6.45, 7) is 2.22. The van der Waals surface area contributed by atoms with E-state index in [1.54, 1.807) is 24.5 Å². The average Bonchev–Trinajstić information content (AvgIpc) is 2.55. The van der Waals surface area contributed by atoms with Crippen LogP contribution in [0.3, 0.4) is 0 Å². The van der Waals surface area contributed by atoms with Crippen molar-refractivity contribution in [3.63, 3.8) is 0 Å². The van der Waals surface area contributed by atoms with Gasteiger partial charge >= 0.3 is 11.8 Å². The van der Waals surface area contributed by atoms with Gasteiger partial charge in [0.25, 0.3) is 0 Å². The topological polar surface area (TPSA) is 83.5 Å². The summed E-state index contributed by atoms with van der Waals surface area (Å²) in [5.41, 5.74) is 4.97. The van der Waals surface area contributed by atoms with E-state index in [4.69, 9.17) is 0 Å². The highest BCUT2D eigenvalue weighted by Crippen LogP contribution is 1.99.